The normalized spacial score (nSPS) is 21.9. The van der Waals surface area contributed by atoms with Gasteiger partial charge in [-0.05, 0) is 47.0 Å². The van der Waals surface area contributed by atoms with Gasteiger partial charge in [-0.2, -0.15) is 0 Å². The van der Waals surface area contributed by atoms with Crippen molar-refractivity contribution in [2.24, 2.45) is 5.92 Å². The summed E-state index contributed by atoms with van der Waals surface area (Å²) in [6.07, 6.45) is -0.752. The fraction of sp³-hybridized carbons (Fsp3) is 0.423. The van der Waals surface area contributed by atoms with Crippen LogP contribution in [0.25, 0.3) is 11.1 Å². The number of esters is 1. The van der Waals surface area contributed by atoms with E-state index in [9.17, 15) is 9.90 Å². The molecule has 1 saturated carbocycles. The summed E-state index contributed by atoms with van der Waals surface area (Å²) in [5.74, 6) is -0.583. The minimum absolute atomic E-state index is 0.0816. The third kappa shape index (κ3) is 5.35. The van der Waals surface area contributed by atoms with Crippen LogP contribution < -0.4 is 0 Å². The summed E-state index contributed by atoms with van der Waals surface area (Å²) in [5.41, 5.74) is 3.33. The van der Waals surface area contributed by atoms with Crippen molar-refractivity contribution >= 4 is 14.3 Å². The van der Waals surface area contributed by atoms with Gasteiger partial charge in [0.05, 0.1) is 11.7 Å². The highest BCUT2D eigenvalue weighted by Crippen LogP contribution is 2.39. The van der Waals surface area contributed by atoms with Gasteiger partial charge in [0.1, 0.15) is 6.10 Å². The van der Waals surface area contributed by atoms with Gasteiger partial charge in [0, 0.05) is 18.9 Å². The summed E-state index contributed by atoms with van der Waals surface area (Å²) < 4.78 is 12.2. The van der Waals surface area contributed by atoms with Crippen molar-refractivity contribution < 1.29 is 19.1 Å². The van der Waals surface area contributed by atoms with Gasteiger partial charge < -0.3 is 14.3 Å². The van der Waals surface area contributed by atoms with Crippen LogP contribution in [0.1, 0.15) is 37.6 Å². The van der Waals surface area contributed by atoms with Crippen LogP contribution in [0, 0.1) is 5.92 Å². The van der Waals surface area contributed by atoms with Crippen LogP contribution in [-0.4, -0.2) is 38.2 Å². The number of benzene rings is 2. The second kappa shape index (κ2) is 9.11. The number of aliphatic hydroxyl groups is 1. The molecule has 4 nitrogen and oxygen atoms in total. The van der Waals surface area contributed by atoms with Gasteiger partial charge in [0.2, 0.25) is 0 Å². The Morgan fingerprint density at radius 2 is 1.65 bits per heavy atom. The van der Waals surface area contributed by atoms with Gasteiger partial charge in [-0.15, -0.1) is 0 Å². The number of rotatable bonds is 6. The van der Waals surface area contributed by atoms with Gasteiger partial charge in [-0.25, -0.2) is 4.79 Å². The Balaban J connectivity index is 1.68. The smallest absolute Gasteiger partial charge is 0.338 e. The molecule has 0 bridgehead atoms. The van der Waals surface area contributed by atoms with Crippen molar-refractivity contribution in [3.8, 4) is 11.1 Å². The van der Waals surface area contributed by atoms with Crippen LogP contribution in [0.4, 0.5) is 0 Å². The molecule has 31 heavy (non-hydrogen) atoms. The quantitative estimate of drug-likeness (QED) is 0.350. The Morgan fingerprint density at radius 3 is 2.23 bits per heavy atom. The first-order chi connectivity index (χ1) is 14.5. The fourth-order valence-corrected chi connectivity index (χ4v) is 4.54. The highest BCUT2D eigenvalue weighted by Gasteiger charge is 2.43. The molecule has 2 aromatic rings. The molecule has 0 amide bonds. The van der Waals surface area contributed by atoms with E-state index in [0.29, 0.717) is 24.2 Å². The van der Waals surface area contributed by atoms with E-state index in [0.717, 1.165) is 11.1 Å². The molecule has 1 aliphatic carbocycles. The third-order valence-electron chi connectivity index (χ3n) is 6.72. The first-order valence-electron chi connectivity index (χ1n) is 10.9. The van der Waals surface area contributed by atoms with E-state index in [1.54, 1.807) is 12.1 Å². The molecule has 0 aliphatic heterocycles. The number of hydrogen-bond acceptors (Lipinski definition) is 4. The van der Waals surface area contributed by atoms with Crippen LogP contribution >= 0.6 is 0 Å². The third-order valence-corrected chi connectivity index (χ3v) is 11.2. The molecule has 166 valence electrons. The number of carbonyl (C=O) groups excluding carboxylic acids is 1. The van der Waals surface area contributed by atoms with Crippen molar-refractivity contribution in [2.75, 3.05) is 6.61 Å². The van der Waals surface area contributed by atoms with Crippen LogP contribution in [0.3, 0.4) is 0 Å². The first-order valence-corrected chi connectivity index (χ1v) is 13.8. The van der Waals surface area contributed by atoms with Gasteiger partial charge >= 0.3 is 5.97 Å². The van der Waals surface area contributed by atoms with E-state index in [-0.39, 0.29) is 16.9 Å². The summed E-state index contributed by atoms with van der Waals surface area (Å²) >= 11 is 0. The fourth-order valence-electron chi connectivity index (χ4n) is 3.52. The molecule has 1 fully saturated rings. The van der Waals surface area contributed by atoms with E-state index in [4.69, 9.17) is 9.16 Å². The number of carbonyl (C=O) groups is 1. The summed E-state index contributed by atoms with van der Waals surface area (Å²) in [6, 6.07) is 17.4. The number of ether oxygens (including phenoxy) is 1. The lowest BCUT2D eigenvalue weighted by Crippen LogP contribution is -2.43. The maximum absolute atomic E-state index is 12.8. The predicted octanol–water partition coefficient (Wildman–Crippen LogP) is 5.84. The average molecular weight is 439 g/mol. The van der Waals surface area contributed by atoms with E-state index in [2.05, 4.69) is 40.4 Å². The van der Waals surface area contributed by atoms with Gasteiger partial charge in [-0.1, -0.05) is 69.8 Å². The number of hydrogen-bond donors (Lipinski definition) is 1. The summed E-state index contributed by atoms with van der Waals surface area (Å²) in [7, 11) is -1.96. The van der Waals surface area contributed by atoms with Gasteiger partial charge in [-0.3, -0.25) is 0 Å². The molecule has 0 radical (unpaired) electrons. The van der Waals surface area contributed by atoms with E-state index < -0.39 is 20.5 Å². The van der Waals surface area contributed by atoms with Crippen molar-refractivity contribution in [1.29, 1.82) is 0 Å². The number of aliphatic hydroxyl groups excluding tert-OH is 1. The predicted molar refractivity (Wildman–Crippen MR) is 127 cm³/mol. The van der Waals surface area contributed by atoms with Crippen molar-refractivity contribution in [2.45, 2.75) is 57.5 Å². The molecule has 0 aromatic heterocycles. The van der Waals surface area contributed by atoms with Crippen LogP contribution in [0.15, 0.2) is 66.7 Å². The van der Waals surface area contributed by atoms with Gasteiger partial charge in [0.15, 0.2) is 8.32 Å². The monoisotopic (exact) mass is 438 g/mol. The Labute approximate surface area is 187 Å². The second-order valence-corrected chi connectivity index (χ2v) is 14.7. The Morgan fingerprint density at radius 1 is 1.06 bits per heavy atom. The molecule has 0 spiro atoms. The molecular formula is C26H34O4Si. The minimum Gasteiger partial charge on any atom is -0.458 e. The minimum atomic E-state index is -1.96. The highest BCUT2D eigenvalue weighted by molar-refractivity contribution is 6.74. The van der Waals surface area contributed by atoms with Crippen molar-refractivity contribution in [1.82, 2.24) is 0 Å². The first kappa shape index (κ1) is 23.5. The second-order valence-electron chi connectivity index (χ2n) is 9.89. The zero-order chi connectivity index (χ0) is 22.8. The summed E-state index contributed by atoms with van der Waals surface area (Å²) in [4.78, 5) is 12.8. The van der Waals surface area contributed by atoms with E-state index in [1.807, 2.05) is 42.5 Å². The van der Waals surface area contributed by atoms with Crippen LogP contribution in [-0.2, 0) is 9.16 Å². The lowest BCUT2D eigenvalue weighted by Gasteiger charge is -2.37. The largest absolute Gasteiger partial charge is 0.458 e. The molecule has 1 N–H and O–H groups in total. The average Bonchev–Trinajstić information content (AvgIpc) is 2.99. The molecule has 5 heteroatoms. The van der Waals surface area contributed by atoms with Crippen LogP contribution in [0.5, 0.6) is 0 Å². The molecule has 3 atom stereocenters. The summed E-state index contributed by atoms with van der Waals surface area (Å²) in [5, 5.41) is 10.4. The molecule has 1 aliphatic rings. The van der Waals surface area contributed by atoms with E-state index in [1.165, 1.54) is 0 Å². The lowest BCUT2D eigenvalue weighted by molar-refractivity contribution is 0.0144. The standard InChI is InChI=1S/C26H34O4Si/c1-18-22(17-29-31(5,6)26(2,3)4)24(16-23(18)27)30-25(28)21-14-12-20(13-15-21)19-10-8-7-9-11-19/h7-15,22-24,27H,1,16-17H2,2-6H3/t22-,23+,24-/m0/s1. The Bertz CT molecular complexity index is 913. The molecular weight excluding hydrogens is 404 g/mol. The Hall–Kier alpha value is -2.21. The maximum Gasteiger partial charge on any atom is 0.338 e. The van der Waals surface area contributed by atoms with E-state index >= 15 is 0 Å². The molecule has 0 saturated heterocycles. The van der Waals surface area contributed by atoms with Crippen LogP contribution in [0.2, 0.25) is 18.1 Å². The van der Waals surface area contributed by atoms with Crippen molar-refractivity contribution in [3.05, 3.63) is 72.3 Å². The van der Waals surface area contributed by atoms with Crippen molar-refractivity contribution in [3.63, 3.8) is 0 Å². The zero-order valence-electron chi connectivity index (χ0n) is 19.2. The Kier molecular flexibility index (Phi) is 6.89. The van der Waals surface area contributed by atoms with Gasteiger partial charge in [0.25, 0.3) is 0 Å². The zero-order valence-corrected chi connectivity index (χ0v) is 20.2. The topological polar surface area (TPSA) is 55.8 Å². The lowest BCUT2D eigenvalue weighted by atomic mass is 10.0. The molecule has 0 unspecified atom stereocenters. The maximum atomic E-state index is 12.8. The molecule has 3 rings (SSSR count). The SMILES string of the molecule is C=C1[C@H](O)C[C@H](OC(=O)c2ccc(-c3ccccc3)cc2)[C@H]1CO[Si](C)(C)C(C)(C)C. The summed E-state index contributed by atoms with van der Waals surface area (Å²) in [6.45, 7) is 15.4. The highest BCUT2D eigenvalue weighted by atomic mass is 28.4. The molecule has 2 aromatic carbocycles. The molecule has 0 heterocycles.